The van der Waals surface area contributed by atoms with Crippen LogP contribution in [0.3, 0.4) is 0 Å². The van der Waals surface area contributed by atoms with Crippen molar-refractivity contribution in [1.82, 2.24) is 15.4 Å². The van der Waals surface area contributed by atoms with Gasteiger partial charge in [0.15, 0.2) is 5.96 Å². The van der Waals surface area contributed by atoms with Crippen LogP contribution in [0.1, 0.15) is 44.7 Å². The summed E-state index contributed by atoms with van der Waals surface area (Å²) >= 11 is 0. The molecule has 3 N–H and O–H groups in total. The van der Waals surface area contributed by atoms with Crippen molar-refractivity contribution in [2.24, 2.45) is 4.99 Å². The molecule has 1 aliphatic carbocycles. The summed E-state index contributed by atoms with van der Waals surface area (Å²) < 4.78 is 27.3. The van der Waals surface area contributed by atoms with Gasteiger partial charge in [-0.3, -0.25) is 0 Å². The second-order valence-electron chi connectivity index (χ2n) is 8.34. The van der Waals surface area contributed by atoms with E-state index in [4.69, 9.17) is 0 Å². The molecular weight excluding hydrogens is 523 g/mol. The van der Waals surface area contributed by atoms with Gasteiger partial charge in [0.25, 0.3) is 0 Å². The summed E-state index contributed by atoms with van der Waals surface area (Å²) in [6.07, 6.45) is 1.85. The molecule has 0 unspecified atom stereocenters. The van der Waals surface area contributed by atoms with E-state index in [1.54, 1.807) is 12.1 Å². The minimum atomic E-state index is -3.42. The SMILES string of the molecule is CCNC(=NCc1ccc(S(=O)(=O)NC2CC2)cc1)NCC(C)(C)c1ccccc1.I. The summed E-state index contributed by atoms with van der Waals surface area (Å²) in [5.74, 6) is 0.744. The minimum Gasteiger partial charge on any atom is -0.357 e. The lowest BCUT2D eigenvalue weighted by molar-refractivity contribution is 0.508. The molecule has 31 heavy (non-hydrogen) atoms. The third-order valence-electron chi connectivity index (χ3n) is 5.15. The van der Waals surface area contributed by atoms with Crippen molar-refractivity contribution in [3.63, 3.8) is 0 Å². The van der Waals surface area contributed by atoms with Gasteiger partial charge in [0, 0.05) is 24.5 Å². The van der Waals surface area contributed by atoms with Crippen molar-refractivity contribution in [1.29, 1.82) is 0 Å². The van der Waals surface area contributed by atoms with Gasteiger partial charge in [-0.1, -0.05) is 56.3 Å². The van der Waals surface area contributed by atoms with Gasteiger partial charge in [0.05, 0.1) is 11.4 Å². The second kappa shape index (κ2) is 11.3. The highest BCUT2D eigenvalue weighted by Crippen LogP contribution is 2.23. The molecule has 1 fully saturated rings. The quantitative estimate of drug-likeness (QED) is 0.250. The van der Waals surface area contributed by atoms with Crippen molar-refractivity contribution in [3.05, 3.63) is 65.7 Å². The zero-order chi connectivity index (χ0) is 21.6. The zero-order valence-electron chi connectivity index (χ0n) is 18.4. The fourth-order valence-corrected chi connectivity index (χ4v) is 4.38. The van der Waals surface area contributed by atoms with E-state index < -0.39 is 10.0 Å². The third-order valence-corrected chi connectivity index (χ3v) is 6.69. The number of aliphatic imine (C=N–C) groups is 1. The predicted molar refractivity (Wildman–Crippen MR) is 137 cm³/mol. The molecule has 0 aromatic heterocycles. The smallest absolute Gasteiger partial charge is 0.240 e. The Hall–Kier alpha value is -1.65. The van der Waals surface area contributed by atoms with E-state index in [1.165, 1.54) is 5.56 Å². The predicted octanol–water partition coefficient (Wildman–Crippen LogP) is 3.78. The number of nitrogens with one attached hydrogen (secondary N) is 3. The van der Waals surface area contributed by atoms with Crippen LogP contribution in [0.2, 0.25) is 0 Å². The molecule has 0 heterocycles. The van der Waals surface area contributed by atoms with Crippen LogP contribution in [-0.4, -0.2) is 33.5 Å². The molecule has 0 spiro atoms. The molecule has 0 bridgehead atoms. The van der Waals surface area contributed by atoms with Crippen LogP contribution < -0.4 is 15.4 Å². The van der Waals surface area contributed by atoms with Gasteiger partial charge in [-0.2, -0.15) is 0 Å². The molecule has 8 heteroatoms. The Morgan fingerprint density at radius 3 is 2.26 bits per heavy atom. The number of nitrogens with zero attached hydrogens (tertiary/aromatic N) is 1. The molecule has 0 radical (unpaired) electrons. The van der Waals surface area contributed by atoms with E-state index in [9.17, 15) is 8.42 Å². The molecule has 1 aliphatic rings. The average Bonchev–Trinajstić information content (AvgIpc) is 3.54. The van der Waals surface area contributed by atoms with Gasteiger partial charge < -0.3 is 10.6 Å². The zero-order valence-corrected chi connectivity index (χ0v) is 21.5. The summed E-state index contributed by atoms with van der Waals surface area (Å²) in [6, 6.07) is 17.5. The first kappa shape index (κ1) is 25.6. The van der Waals surface area contributed by atoms with Crippen LogP contribution in [0.5, 0.6) is 0 Å². The average molecular weight is 557 g/mol. The number of rotatable bonds is 9. The first-order valence-electron chi connectivity index (χ1n) is 10.5. The summed E-state index contributed by atoms with van der Waals surface area (Å²) in [5, 5.41) is 6.70. The maximum Gasteiger partial charge on any atom is 0.240 e. The number of sulfonamides is 1. The van der Waals surface area contributed by atoms with Gasteiger partial charge in [-0.25, -0.2) is 18.1 Å². The molecule has 0 atom stereocenters. The molecule has 1 saturated carbocycles. The molecule has 2 aromatic carbocycles. The van der Waals surface area contributed by atoms with E-state index in [0.29, 0.717) is 11.4 Å². The molecular formula is C23H33IN4O2S. The largest absolute Gasteiger partial charge is 0.357 e. The van der Waals surface area contributed by atoms with Crippen molar-refractivity contribution in [2.75, 3.05) is 13.1 Å². The van der Waals surface area contributed by atoms with E-state index in [-0.39, 0.29) is 35.4 Å². The number of guanidine groups is 1. The Morgan fingerprint density at radius 1 is 1.03 bits per heavy atom. The number of hydrogen-bond donors (Lipinski definition) is 3. The molecule has 2 aromatic rings. The van der Waals surface area contributed by atoms with Crippen LogP contribution in [0.15, 0.2) is 64.5 Å². The van der Waals surface area contributed by atoms with Gasteiger partial charge in [0.2, 0.25) is 10.0 Å². The highest BCUT2D eigenvalue weighted by Gasteiger charge is 2.27. The van der Waals surface area contributed by atoms with Gasteiger partial charge >= 0.3 is 0 Å². The first-order valence-corrected chi connectivity index (χ1v) is 12.0. The molecule has 0 saturated heterocycles. The van der Waals surface area contributed by atoms with Crippen LogP contribution in [-0.2, 0) is 22.0 Å². The van der Waals surface area contributed by atoms with Crippen LogP contribution >= 0.6 is 24.0 Å². The second-order valence-corrected chi connectivity index (χ2v) is 10.1. The third kappa shape index (κ3) is 7.76. The fourth-order valence-electron chi connectivity index (χ4n) is 3.07. The van der Waals surface area contributed by atoms with Crippen LogP contribution in [0.4, 0.5) is 0 Å². The lowest BCUT2D eigenvalue weighted by atomic mass is 9.85. The standard InChI is InChI=1S/C23H32N4O2S.HI/c1-4-24-22(26-17-23(2,3)19-8-6-5-7-9-19)25-16-18-10-14-21(15-11-18)30(28,29)27-20-12-13-20;/h5-11,14-15,20,27H,4,12-13,16-17H2,1-3H3,(H2,24,25,26);1H. The van der Waals surface area contributed by atoms with Crippen LogP contribution in [0.25, 0.3) is 0 Å². The number of halogens is 1. The van der Waals surface area contributed by atoms with Crippen molar-refractivity contribution in [2.45, 2.75) is 56.5 Å². The Balaban J connectivity index is 0.00000341. The van der Waals surface area contributed by atoms with Crippen molar-refractivity contribution < 1.29 is 8.42 Å². The summed E-state index contributed by atoms with van der Waals surface area (Å²) in [5.41, 5.74) is 2.19. The monoisotopic (exact) mass is 556 g/mol. The normalized spacial score (nSPS) is 14.6. The highest BCUT2D eigenvalue weighted by molar-refractivity contribution is 14.0. The van der Waals surface area contributed by atoms with Crippen LogP contribution in [0, 0.1) is 0 Å². The Labute approximate surface area is 203 Å². The maximum atomic E-state index is 12.3. The number of hydrogen-bond acceptors (Lipinski definition) is 3. The molecule has 6 nitrogen and oxygen atoms in total. The van der Waals surface area contributed by atoms with Crippen molar-refractivity contribution >= 4 is 40.0 Å². The Morgan fingerprint density at radius 2 is 1.68 bits per heavy atom. The lowest BCUT2D eigenvalue weighted by Crippen LogP contribution is -2.43. The summed E-state index contributed by atoms with van der Waals surface area (Å²) in [7, 11) is -3.42. The molecule has 0 amide bonds. The van der Waals surface area contributed by atoms with E-state index in [2.05, 4.69) is 58.5 Å². The molecule has 0 aliphatic heterocycles. The fraction of sp³-hybridized carbons (Fsp3) is 0.435. The van der Waals surface area contributed by atoms with Gasteiger partial charge in [0.1, 0.15) is 0 Å². The van der Waals surface area contributed by atoms with E-state index >= 15 is 0 Å². The Kier molecular flexibility index (Phi) is 9.32. The molecule has 170 valence electrons. The maximum absolute atomic E-state index is 12.3. The summed E-state index contributed by atoms with van der Waals surface area (Å²) in [6.45, 7) is 8.42. The van der Waals surface area contributed by atoms with Crippen molar-refractivity contribution in [3.8, 4) is 0 Å². The first-order chi connectivity index (χ1) is 14.3. The van der Waals surface area contributed by atoms with Gasteiger partial charge in [-0.15, -0.1) is 24.0 Å². The van der Waals surface area contributed by atoms with Gasteiger partial charge in [-0.05, 0) is 43.0 Å². The highest BCUT2D eigenvalue weighted by atomic mass is 127. The van der Waals surface area contributed by atoms with E-state index in [0.717, 1.165) is 37.5 Å². The summed E-state index contributed by atoms with van der Waals surface area (Å²) in [4.78, 5) is 4.96. The molecule has 3 rings (SSSR count). The lowest BCUT2D eigenvalue weighted by Gasteiger charge is -2.26. The van der Waals surface area contributed by atoms with E-state index in [1.807, 2.05) is 25.1 Å². The topological polar surface area (TPSA) is 82.6 Å². The minimum absolute atomic E-state index is 0. The number of benzene rings is 2. The Bertz CT molecular complexity index is 957.